The molecule has 0 saturated heterocycles. The van der Waals surface area contributed by atoms with Crippen molar-refractivity contribution >= 4 is 70.4 Å². The Morgan fingerprint density at radius 2 is 0.943 bits per heavy atom. The van der Waals surface area contributed by atoms with Gasteiger partial charge in [0.15, 0.2) is 0 Å². The molecule has 1 aliphatic carbocycles. The fourth-order valence-corrected chi connectivity index (χ4v) is 12.9. The van der Waals surface area contributed by atoms with E-state index in [1.807, 2.05) is 11.3 Å². The molecule has 0 bridgehead atoms. The molecular formula is C67H44N2S. The number of fused-ring (bicyclic) bond motifs is 9. The van der Waals surface area contributed by atoms with E-state index in [1.54, 1.807) is 0 Å². The monoisotopic (exact) mass is 908 g/mol. The molecule has 0 fully saturated rings. The maximum atomic E-state index is 2.49. The third-order valence-corrected chi connectivity index (χ3v) is 15.9. The minimum atomic E-state index is -0.516. The summed E-state index contributed by atoms with van der Waals surface area (Å²) in [6, 6.07) is 98.5. The Morgan fingerprint density at radius 3 is 1.76 bits per heavy atom. The highest BCUT2D eigenvalue weighted by molar-refractivity contribution is 7.26. The van der Waals surface area contributed by atoms with Crippen molar-refractivity contribution in [2.24, 2.45) is 0 Å². The summed E-state index contributed by atoms with van der Waals surface area (Å²) < 4.78 is 5.10. The topological polar surface area (TPSA) is 8.17 Å². The van der Waals surface area contributed by atoms with Gasteiger partial charge in [0.1, 0.15) is 0 Å². The van der Waals surface area contributed by atoms with Crippen LogP contribution < -0.4 is 4.90 Å². The molecule has 0 saturated carbocycles. The molecule has 0 radical (unpaired) electrons. The highest BCUT2D eigenvalue weighted by atomic mass is 32.1. The zero-order valence-electron chi connectivity index (χ0n) is 38.2. The number of hydrogen-bond acceptors (Lipinski definition) is 2. The number of anilines is 3. The first-order valence-corrected chi connectivity index (χ1v) is 24.9. The molecule has 0 amide bonds. The van der Waals surface area contributed by atoms with Crippen LogP contribution in [-0.2, 0) is 5.41 Å². The highest BCUT2D eigenvalue weighted by Crippen LogP contribution is 2.57. The van der Waals surface area contributed by atoms with Crippen LogP contribution in [0.2, 0.25) is 0 Å². The van der Waals surface area contributed by atoms with Crippen LogP contribution in [0.1, 0.15) is 22.3 Å². The molecule has 0 N–H and O–H groups in total. The smallest absolute Gasteiger partial charge is 0.0714 e. The van der Waals surface area contributed by atoms with E-state index in [2.05, 4.69) is 276 Å². The molecule has 0 spiro atoms. The lowest BCUT2D eigenvalue weighted by Crippen LogP contribution is -2.28. The molecule has 2 nitrogen and oxygen atoms in total. The summed E-state index contributed by atoms with van der Waals surface area (Å²) in [5.41, 5.74) is 18.7. The molecule has 0 atom stereocenters. The molecule has 13 aromatic rings. The number of nitrogens with zero attached hydrogens (tertiary/aromatic N) is 2. The second kappa shape index (κ2) is 16.2. The van der Waals surface area contributed by atoms with Crippen LogP contribution in [-0.4, -0.2) is 4.57 Å². The number of benzene rings is 11. The van der Waals surface area contributed by atoms with Crippen molar-refractivity contribution in [2.45, 2.75) is 5.41 Å². The van der Waals surface area contributed by atoms with E-state index in [-0.39, 0.29) is 0 Å². The highest BCUT2D eigenvalue weighted by Gasteiger charge is 2.46. The first-order valence-electron chi connectivity index (χ1n) is 24.1. The first kappa shape index (κ1) is 40.3. The molecule has 328 valence electrons. The summed E-state index contributed by atoms with van der Waals surface area (Å²) in [6.45, 7) is 0. The van der Waals surface area contributed by atoms with E-state index in [1.165, 1.54) is 92.2 Å². The maximum absolute atomic E-state index is 2.49. The van der Waals surface area contributed by atoms with Gasteiger partial charge in [0.2, 0.25) is 0 Å². The van der Waals surface area contributed by atoms with Crippen molar-refractivity contribution in [3.05, 3.63) is 289 Å². The average Bonchev–Trinajstić information content (AvgIpc) is 4.08. The molecular weight excluding hydrogens is 865 g/mol. The zero-order chi connectivity index (χ0) is 46.2. The zero-order valence-corrected chi connectivity index (χ0v) is 39.0. The molecule has 14 rings (SSSR count). The lowest BCUT2D eigenvalue weighted by Gasteiger charge is -2.35. The van der Waals surface area contributed by atoms with Crippen LogP contribution in [0.4, 0.5) is 17.1 Å². The minimum absolute atomic E-state index is 0.516. The second-order valence-corrected chi connectivity index (χ2v) is 19.4. The van der Waals surface area contributed by atoms with Gasteiger partial charge in [-0.1, -0.05) is 206 Å². The van der Waals surface area contributed by atoms with Crippen molar-refractivity contribution in [2.75, 3.05) is 4.90 Å². The van der Waals surface area contributed by atoms with E-state index in [4.69, 9.17) is 0 Å². The van der Waals surface area contributed by atoms with Crippen LogP contribution in [0.15, 0.2) is 267 Å². The Labute approximate surface area is 411 Å². The Balaban J connectivity index is 0.932. The normalized spacial score (nSPS) is 12.7. The van der Waals surface area contributed by atoms with Gasteiger partial charge in [-0.05, 0) is 111 Å². The summed E-state index contributed by atoms with van der Waals surface area (Å²) in [5.74, 6) is 0. The third kappa shape index (κ3) is 6.12. The molecule has 2 heterocycles. The number of rotatable bonds is 8. The van der Waals surface area contributed by atoms with E-state index < -0.39 is 5.41 Å². The Hall–Kier alpha value is -8.76. The SMILES string of the molecule is c1ccc(N(c2ccc3c(c2)C(c2ccccc2)(c2ccccc2)c2ccccc2-3)c2ccccc2-c2cccc(-c3ccc4c5ccccc5n(-c5cccc6c5sc5ccccc56)c4c3)c2)cc1. The molecule has 70 heavy (non-hydrogen) atoms. The van der Waals surface area contributed by atoms with Gasteiger partial charge in [-0.2, -0.15) is 0 Å². The van der Waals surface area contributed by atoms with E-state index in [0.717, 1.165) is 28.2 Å². The second-order valence-electron chi connectivity index (χ2n) is 18.4. The fraction of sp³-hybridized carbons (Fsp3) is 0.0149. The third-order valence-electron chi connectivity index (χ3n) is 14.7. The van der Waals surface area contributed by atoms with Crippen LogP contribution in [0.5, 0.6) is 0 Å². The van der Waals surface area contributed by atoms with Crippen molar-refractivity contribution in [3.8, 4) is 39.1 Å². The van der Waals surface area contributed by atoms with Gasteiger partial charge in [0.25, 0.3) is 0 Å². The van der Waals surface area contributed by atoms with Crippen molar-refractivity contribution < 1.29 is 0 Å². The van der Waals surface area contributed by atoms with Gasteiger partial charge in [-0.25, -0.2) is 0 Å². The van der Waals surface area contributed by atoms with Crippen LogP contribution >= 0.6 is 11.3 Å². The Morgan fingerprint density at radius 1 is 0.343 bits per heavy atom. The summed E-state index contributed by atoms with van der Waals surface area (Å²) in [7, 11) is 0. The molecule has 0 unspecified atom stereocenters. The minimum Gasteiger partial charge on any atom is -0.310 e. The molecule has 11 aromatic carbocycles. The van der Waals surface area contributed by atoms with Crippen molar-refractivity contribution in [1.82, 2.24) is 4.57 Å². The number of hydrogen-bond donors (Lipinski definition) is 0. The van der Waals surface area contributed by atoms with Gasteiger partial charge in [-0.3, -0.25) is 0 Å². The van der Waals surface area contributed by atoms with Crippen molar-refractivity contribution in [1.29, 1.82) is 0 Å². The lowest BCUT2D eigenvalue weighted by molar-refractivity contribution is 0.768. The average molecular weight is 909 g/mol. The molecule has 0 aliphatic heterocycles. The standard InChI is InChI=1S/C67H44N2S/c1-4-22-48(23-5-1)67(49-24-6-2-7-25-49)59-33-14-10-29-53(59)54-41-39-51(44-60(54)67)68(50-26-8-3-9-27-50)61-34-15-11-28-52(61)47-21-18-20-45(42-47)46-38-40-56-55-30-12-16-35-62(55)69(64(56)43-46)63-36-19-32-58-57-31-13-17-37-65(57)70-66(58)63/h1-44H. The Kier molecular flexibility index (Phi) is 9.33. The van der Waals surface area contributed by atoms with Crippen LogP contribution in [0.3, 0.4) is 0 Å². The molecule has 1 aliphatic rings. The van der Waals surface area contributed by atoms with Crippen LogP contribution in [0.25, 0.3) is 81.0 Å². The predicted octanol–water partition coefficient (Wildman–Crippen LogP) is 18.3. The number of aromatic nitrogens is 1. The summed E-state index contributed by atoms with van der Waals surface area (Å²) >= 11 is 1.88. The van der Waals surface area contributed by atoms with Gasteiger partial charge in [0, 0.05) is 43.2 Å². The van der Waals surface area contributed by atoms with Gasteiger partial charge < -0.3 is 9.47 Å². The molecule has 3 heteroatoms. The Bertz CT molecular complexity index is 4090. The van der Waals surface area contributed by atoms with Crippen LogP contribution in [0, 0.1) is 0 Å². The predicted molar refractivity (Wildman–Crippen MR) is 297 cm³/mol. The molecule has 2 aromatic heterocycles. The largest absolute Gasteiger partial charge is 0.310 e. The summed E-state index contributed by atoms with van der Waals surface area (Å²) in [6.07, 6.45) is 0. The van der Waals surface area contributed by atoms with Gasteiger partial charge in [0.05, 0.1) is 32.5 Å². The fourth-order valence-electron chi connectivity index (χ4n) is 11.7. The van der Waals surface area contributed by atoms with Gasteiger partial charge >= 0.3 is 0 Å². The van der Waals surface area contributed by atoms with Crippen molar-refractivity contribution in [3.63, 3.8) is 0 Å². The number of para-hydroxylation sites is 3. The van der Waals surface area contributed by atoms with E-state index in [9.17, 15) is 0 Å². The van der Waals surface area contributed by atoms with E-state index in [0.29, 0.717) is 0 Å². The number of thiophene rings is 1. The van der Waals surface area contributed by atoms with Gasteiger partial charge in [-0.15, -0.1) is 11.3 Å². The quantitative estimate of drug-likeness (QED) is 0.147. The lowest BCUT2D eigenvalue weighted by atomic mass is 9.67. The first-order chi connectivity index (χ1) is 34.7. The maximum Gasteiger partial charge on any atom is 0.0714 e. The summed E-state index contributed by atoms with van der Waals surface area (Å²) in [5, 5.41) is 5.11. The summed E-state index contributed by atoms with van der Waals surface area (Å²) in [4.78, 5) is 2.45. The van der Waals surface area contributed by atoms with E-state index >= 15 is 0 Å².